The van der Waals surface area contributed by atoms with Crippen LogP contribution in [0.25, 0.3) is 0 Å². The van der Waals surface area contributed by atoms with E-state index in [0.717, 1.165) is 0 Å². The van der Waals surface area contributed by atoms with Crippen LogP contribution >= 0.6 is 8.44 Å². The third-order valence-electron chi connectivity index (χ3n) is 1.47. The van der Waals surface area contributed by atoms with Gasteiger partial charge in [-0.3, -0.25) is 0 Å². The Hall–Kier alpha value is -0.250. The Morgan fingerprint density at radius 2 is 1.00 bits per heavy atom. The van der Waals surface area contributed by atoms with Gasteiger partial charge in [0.15, 0.2) is 0 Å². The SMILES string of the molecule is O=S(=O)(P)C(F)(F)C(F)(F)C(F)(F)C(F)(F)F. The smallest absolute Gasteiger partial charge is 0.219 e. The van der Waals surface area contributed by atoms with E-state index in [1.54, 1.807) is 0 Å². The normalized spacial score (nSPS) is 16.1. The summed E-state index contributed by atoms with van der Waals surface area (Å²) in [5.41, 5.74) is 0. The van der Waals surface area contributed by atoms with E-state index in [1.807, 2.05) is 0 Å². The van der Waals surface area contributed by atoms with Crippen molar-refractivity contribution in [3.8, 4) is 0 Å². The maximum atomic E-state index is 12.4. The third-order valence-corrected chi connectivity index (χ3v) is 3.33. The second kappa shape index (κ2) is 3.87. The first kappa shape index (κ1) is 16.8. The molecule has 2 nitrogen and oxygen atoms in total. The van der Waals surface area contributed by atoms with Crippen molar-refractivity contribution in [1.82, 2.24) is 0 Å². The predicted octanol–water partition coefficient (Wildman–Crippen LogP) is 2.62. The van der Waals surface area contributed by atoms with Gasteiger partial charge in [-0.2, -0.15) is 39.5 Å². The van der Waals surface area contributed by atoms with Gasteiger partial charge in [-0.1, -0.05) is 0 Å². The summed E-state index contributed by atoms with van der Waals surface area (Å²) in [5, 5.41) is -6.59. The molecular weight excluding hydrogens is 314 g/mol. The van der Waals surface area contributed by atoms with Gasteiger partial charge in [0.1, 0.15) is 0 Å². The molecule has 0 aromatic carbocycles. The van der Waals surface area contributed by atoms with Crippen molar-refractivity contribution in [2.75, 3.05) is 0 Å². The molecule has 1 atom stereocenters. The highest BCUT2D eigenvalue weighted by Crippen LogP contribution is 2.55. The second-order valence-corrected chi connectivity index (χ2v) is 6.17. The quantitative estimate of drug-likeness (QED) is 0.592. The van der Waals surface area contributed by atoms with Crippen LogP contribution in [0.15, 0.2) is 0 Å². The van der Waals surface area contributed by atoms with Gasteiger partial charge in [0.25, 0.3) is 0 Å². The Bertz CT molecular complexity index is 396. The first-order valence-corrected chi connectivity index (χ1v) is 6.18. The zero-order chi connectivity index (χ0) is 14.5. The number of alkyl halides is 9. The Labute approximate surface area is 90.0 Å². The lowest BCUT2D eigenvalue weighted by Crippen LogP contribution is -2.62. The van der Waals surface area contributed by atoms with Gasteiger partial charge < -0.3 is 0 Å². The van der Waals surface area contributed by atoms with Crippen molar-refractivity contribution in [1.29, 1.82) is 0 Å². The second-order valence-electron chi connectivity index (χ2n) is 2.71. The lowest BCUT2D eigenvalue weighted by molar-refractivity contribution is -0.381. The average Bonchev–Trinajstić information content (AvgIpc) is 1.98. The van der Waals surface area contributed by atoms with Crippen LogP contribution in [0.5, 0.6) is 0 Å². The minimum atomic E-state index is -7.20. The van der Waals surface area contributed by atoms with Crippen LogP contribution in [0.2, 0.25) is 0 Å². The molecule has 1 unspecified atom stereocenters. The first-order valence-electron chi connectivity index (χ1n) is 3.22. The average molecular weight is 316 g/mol. The summed E-state index contributed by atoms with van der Waals surface area (Å²) in [6.07, 6.45) is -7.03. The van der Waals surface area contributed by atoms with Crippen molar-refractivity contribution in [3.05, 3.63) is 0 Å². The van der Waals surface area contributed by atoms with Crippen LogP contribution in [0, 0.1) is 0 Å². The van der Waals surface area contributed by atoms with Crippen LogP contribution in [-0.4, -0.2) is 31.7 Å². The molecule has 0 aromatic rings. The molecule has 13 heteroatoms. The van der Waals surface area contributed by atoms with E-state index in [9.17, 15) is 47.9 Å². The summed E-state index contributed by atoms with van der Waals surface area (Å²) in [4.78, 5) is 0. The third kappa shape index (κ3) is 2.33. The van der Waals surface area contributed by atoms with Crippen molar-refractivity contribution >= 4 is 17.9 Å². The topological polar surface area (TPSA) is 34.1 Å². The highest BCUT2D eigenvalue weighted by molar-refractivity contribution is 8.38. The molecule has 0 bridgehead atoms. The molecule has 0 fully saturated rings. The van der Waals surface area contributed by atoms with E-state index in [4.69, 9.17) is 0 Å². The monoisotopic (exact) mass is 316 g/mol. The fraction of sp³-hybridized carbons (Fsp3) is 1.00. The van der Waals surface area contributed by atoms with Crippen LogP contribution in [0.4, 0.5) is 39.5 Å². The maximum Gasteiger partial charge on any atom is 0.460 e. The number of hydrogen-bond donors (Lipinski definition) is 0. The summed E-state index contributed by atoms with van der Waals surface area (Å²) in [6, 6.07) is 0. The Morgan fingerprint density at radius 3 is 1.18 bits per heavy atom. The van der Waals surface area contributed by atoms with Gasteiger partial charge in [-0.05, 0) is 8.44 Å². The highest BCUT2D eigenvalue weighted by Gasteiger charge is 2.84. The molecular formula is C4H2F9O2PS. The van der Waals surface area contributed by atoms with Crippen molar-refractivity contribution < 1.29 is 47.9 Å². The summed E-state index contributed by atoms with van der Waals surface area (Å²) in [5.74, 6) is -14.3. The Balaban J connectivity index is 5.91. The van der Waals surface area contributed by atoms with Crippen molar-refractivity contribution in [2.24, 2.45) is 0 Å². The number of rotatable bonds is 3. The van der Waals surface area contributed by atoms with Gasteiger partial charge in [-0.15, -0.1) is 0 Å². The molecule has 0 aliphatic rings. The molecule has 0 saturated carbocycles. The first-order chi connectivity index (χ1) is 7.00. The van der Waals surface area contributed by atoms with Crippen LogP contribution in [0.1, 0.15) is 0 Å². The lowest BCUT2D eigenvalue weighted by Gasteiger charge is -2.32. The van der Waals surface area contributed by atoms with Crippen LogP contribution < -0.4 is 0 Å². The van der Waals surface area contributed by atoms with E-state index in [1.165, 1.54) is 0 Å². The zero-order valence-electron chi connectivity index (χ0n) is 7.20. The molecule has 0 aliphatic heterocycles. The van der Waals surface area contributed by atoms with Crippen molar-refractivity contribution in [2.45, 2.75) is 23.3 Å². The van der Waals surface area contributed by atoms with Gasteiger partial charge in [0.05, 0.1) is 0 Å². The molecule has 0 aromatic heterocycles. The molecule has 0 spiro atoms. The molecule has 104 valence electrons. The number of hydrogen-bond acceptors (Lipinski definition) is 2. The minimum Gasteiger partial charge on any atom is -0.219 e. The molecule has 17 heavy (non-hydrogen) atoms. The molecule has 0 radical (unpaired) electrons. The van der Waals surface area contributed by atoms with E-state index in [-0.39, 0.29) is 8.44 Å². The summed E-state index contributed by atoms with van der Waals surface area (Å²) in [6.45, 7) is 0. The van der Waals surface area contributed by atoms with E-state index in [2.05, 4.69) is 0 Å². The largest absolute Gasteiger partial charge is 0.460 e. The minimum absolute atomic E-state index is 0.0885. The lowest BCUT2D eigenvalue weighted by atomic mass is 10.1. The molecule has 0 aliphatic carbocycles. The van der Waals surface area contributed by atoms with Gasteiger partial charge in [0.2, 0.25) is 9.46 Å². The van der Waals surface area contributed by atoms with Crippen molar-refractivity contribution in [3.63, 3.8) is 0 Å². The summed E-state index contributed by atoms with van der Waals surface area (Å²) >= 11 is 0. The molecule has 0 N–H and O–H groups in total. The number of halogens is 9. The maximum absolute atomic E-state index is 12.4. The summed E-state index contributed by atoms with van der Waals surface area (Å²) < 4.78 is 128. The molecule has 0 amide bonds. The van der Waals surface area contributed by atoms with Gasteiger partial charge in [-0.25, -0.2) is 8.42 Å². The fourth-order valence-electron chi connectivity index (χ4n) is 0.539. The van der Waals surface area contributed by atoms with E-state index < -0.39 is 32.7 Å². The van der Waals surface area contributed by atoms with Gasteiger partial charge in [0, 0.05) is 0 Å². The predicted molar refractivity (Wildman–Crippen MR) is 39.5 cm³/mol. The zero-order valence-corrected chi connectivity index (χ0v) is 9.17. The Kier molecular flexibility index (Phi) is 3.81. The van der Waals surface area contributed by atoms with E-state index in [0.29, 0.717) is 0 Å². The van der Waals surface area contributed by atoms with E-state index >= 15 is 0 Å². The molecule has 0 rings (SSSR count). The van der Waals surface area contributed by atoms with Crippen LogP contribution in [0.3, 0.4) is 0 Å². The van der Waals surface area contributed by atoms with Crippen LogP contribution in [-0.2, 0) is 9.46 Å². The molecule has 0 heterocycles. The summed E-state index contributed by atoms with van der Waals surface area (Å²) in [7, 11) is -6.16. The highest BCUT2D eigenvalue weighted by atomic mass is 32.7. The Morgan fingerprint density at radius 1 is 0.706 bits per heavy atom. The fourth-order valence-corrected chi connectivity index (χ4v) is 1.47. The van der Waals surface area contributed by atoms with Gasteiger partial charge >= 0.3 is 23.3 Å². The standard InChI is InChI=1S/C4H2F9O2PS/c5-1(6,3(9,10)11)2(7,8)4(12,13)17(14,15)16/h16H2. The molecule has 0 saturated heterocycles.